The molecule has 0 saturated carbocycles. The zero-order valence-corrected chi connectivity index (χ0v) is 20.8. The Labute approximate surface area is 207 Å². The van der Waals surface area contributed by atoms with Gasteiger partial charge in [-0.1, -0.05) is 61.9 Å². The number of nitrogens with zero attached hydrogens (tertiary/aromatic N) is 3. The standard InChI is InChI=1S/C30H31N3O2/c1-5-6-14-27-32-28-23(19-31)10-9-13-26(28)33(27)20-21-15-17-22(18-16-21)24-11-7-8-12-25(24)29(34)35-30(2,3)4/h7-13,15-18H,5-6,14,20H2,1-4H3. The van der Waals surface area contributed by atoms with Gasteiger partial charge in [-0.05, 0) is 62.1 Å². The van der Waals surface area contributed by atoms with Crippen molar-refractivity contribution in [1.82, 2.24) is 9.55 Å². The summed E-state index contributed by atoms with van der Waals surface area (Å²) >= 11 is 0. The van der Waals surface area contributed by atoms with Gasteiger partial charge in [-0.25, -0.2) is 9.78 Å². The Bertz CT molecular complexity index is 1390. The Hall–Kier alpha value is -3.91. The van der Waals surface area contributed by atoms with Crippen molar-refractivity contribution in [2.24, 2.45) is 0 Å². The smallest absolute Gasteiger partial charge is 0.339 e. The lowest BCUT2D eigenvalue weighted by molar-refractivity contribution is 0.00704. The largest absolute Gasteiger partial charge is 0.456 e. The molecule has 4 rings (SSSR count). The van der Waals surface area contributed by atoms with Gasteiger partial charge < -0.3 is 9.30 Å². The third-order valence-corrected chi connectivity index (χ3v) is 5.88. The number of benzene rings is 3. The molecule has 5 heteroatoms. The van der Waals surface area contributed by atoms with Crippen molar-refractivity contribution in [1.29, 1.82) is 5.26 Å². The number of hydrogen-bond acceptors (Lipinski definition) is 4. The maximum atomic E-state index is 12.8. The summed E-state index contributed by atoms with van der Waals surface area (Å²) in [5.74, 6) is 0.680. The van der Waals surface area contributed by atoms with E-state index in [1.54, 1.807) is 0 Å². The summed E-state index contributed by atoms with van der Waals surface area (Å²) in [5, 5.41) is 9.53. The van der Waals surface area contributed by atoms with Gasteiger partial charge in [-0.2, -0.15) is 5.26 Å². The summed E-state index contributed by atoms with van der Waals surface area (Å²) in [6.45, 7) is 8.45. The van der Waals surface area contributed by atoms with E-state index < -0.39 is 5.60 Å². The van der Waals surface area contributed by atoms with Crippen LogP contribution in [0.4, 0.5) is 0 Å². The van der Waals surface area contributed by atoms with Crippen molar-refractivity contribution in [3.8, 4) is 17.2 Å². The Morgan fingerprint density at radius 1 is 1.03 bits per heavy atom. The Morgan fingerprint density at radius 3 is 2.46 bits per heavy atom. The highest BCUT2D eigenvalue weighted by Gasteiger charge is 2.21. The van der Waals surface area contributed by atoms with Crippen molar-refractivity contribution >= 4 is 17.0 Å². The van der Waals surface area contributed by atoms with Crippen molar-refractivity contribution in [3.05, 3.63) is 89.2 Å². The van der Waals surface area contributed by atoms with Gasteiger partial charge in [0.1, 0.15) is 23.0 Å². The molecule has 3 aromatic carbocycles. The number of imidazole rings is 1. The van der Waals surface area contributed by atoms with Crippen LogP contribution in [0.2, 0.25) is 0 Å². The van der Waals surface area contributed by atoms with Gasteiger partial charge in [0, 0.05) is 13.0 Å². The molecule has 178 valence electrons. The molecule has 0 aliphatic carbocycles. The minimum Gasteiger partial charge on any atom is -0.456 e. The van der Waals surface area contributed by atoms with E-state index in [1.165, 1.54) is 0 Å². The van der Waals surface area contributed by atoms with Crippen LogP contribution in [0.3, 0.4) is 0 Å². The fourth-order valence-corrected chi connectivity index (χ4v) is 4.21. The number of para-hydroxylation sites is 1. The molecule has 4 aromatic rings. The second-order valence-electron chi connectivity index (χ2n) is 9.75. The molecule has 0 radical (unpaired) electrons. The maximum absolute atomic E-state index is 12.8. The highest BCUT2D eigenvalue weighted by molar-refractivity contribution is 5.97. The van der Waals surface area contributed by atoms with Crippen LogP contribution in [0.1, 0.15) is 67.8 Å². The number of aryl methyl sites for hydroxylation is 1. The second kappa shape index (κ2) is 10.1. The van der Waals surface area contributed by atoms with Crippen LogP contribution >= 0.6 is 0 Å². The van der Waals surface area contributed by atoms with E-state index in [1.807, 2.05) is 75.4 Å². The number of carbonyl (C=O) groups excluding carboxylic acids is 1. The Morgan fingerprint density at radius 2 is 1.77 bits per heavy atom. The van der Waals surface area contributed by atoms with Crippen LogP contribution < -0.4 is 0 Å². The highest BCUT2D eigenvalue weighted by atomic mass is 16.6. The fourth-order valence-electron chi connectivity index (χ4n) is 4.21. The van der Waals surface area contributed by atoms with Crippen molar-refractivity contribution < 1.29 is 9.53 Å². The van der Waals surface area contributed by atoms with Gasteiger partial charge >= 0.3 is 5.97 Å². The quantitative estimate of drug-likeness (QED) is 0.278. The van der Waals surface area contributed by atoms with Gasteiger partial charge in [0.25, 0.3) is 0 Å². The lowest BCUT2D eigenvalue weighted by atomic mass is 9.98. The molecule has 0 atom stereocenters. The molecule has 0 aliphatic heterocycles. The average molecular weight is 466 g/mol. The minimum absolute atomic E-state index is 0.323. The molecule has 1 aromatic heterocycles. The van der Waals surface area contributed by atoms with Crippen LogP contribution in [-0.2, 0) is 17.7 Å². The number of hydrogen-bond donors (Lipinski definition) is 0. The van der Waals surface area contributed by atoms with Gasteiger partial charge in [0.15, 0.2) is 0 Å². The summed E-state index contributed by atoms with van der Waals surface area (Å²) in [4.78, 5) is 17.6. The molecule has 0 saturated heterocycles. The number of esters is 1. The summed E-state index contributed by atoms with van der Waals surface area (Å²) in [5.41, 5.74) is 5.30. The molecule has 0 bridgehead atoms. The third kappa shape index (κ3) is 5.44. The Kier molecular flexibility index (Phi) is 7.02. The topological polar surface area (TPSA) is 67.9 Å². The zero-order chi connectivity index (χ0) is 25.0. The molecular weight excluding hydrogens is 434 g/mol. The van der Waals surface area contributed by atoms with E-state index in [9.17, 15) is 10.1 Å². The zero-order valence-electron chi connectivity index (χ0n) is 20.8. The second-order valence-corrected chi connectivity index (χ2v) is 9.75. The normalized spacial score (nSPS) is 11.4. The van der Waals surface area contributed by atoms with Crippen LogP contribution in [0.25, 0.3) is 22.2 Å². The summed E-state index contributed by atoms with van der Waals surface area (Å²) in [6, 6.07) is 23.8. The van der Waals surface area contributed by atoms with Gasteiger partial charge in [0.2, 0.25) is 0 Å². The van der Waals surface area contributed by atoms with Crippen molar-refractivity contribution in [2.45, 2.75) is 59.1 Å². The first kappa shape index (κ1) is 24.2. The summed E-state index contributed by atoms with van der Waals surface area (Å²) in [7, 11) is 0. The van der Waals surface area contributed by atoms with Crippen LogP contribution in [0, 0.1) is 11.3 Å². The monoisotopic (exact) mass is 465 g/mol. The van der Waals surface area contributed by atoms with E-state index in [0.717, 1.165) is 52.8 Å². The summed E-state index contributed by atoms with van der Waals surface area (Å²) in [6.07, 6.45) is 3.00. The Balaban J connectivity index is 1.66. The predicted molar refractivity (Wildman–Crippen MR) is 139 cm³/mol. The average Bonchev–Trinajstić information content (AvgIpc) is 3.19. The third-order valence-electron chi connectivity index (χ3n) is 5.88. The van der Waals surface area contributed by atoms with Gasteiger partial charge in [0.05, 0.1) is 16.6 Å². The van der Waals surface area contributed by atoms with E-state index >= 15 is 0 Å². The maximum Gasteiger partial charge on any atom is 0.339 e. The fraction of sp³-hybridized carbons (Fsp3) is 0.300. The number of unbranched alkanes of at least 4 members (excludes halogenated alkanes) is 1. The molecule has 0 fully saturated rings. The van der Waals surface area contributed by atoms with E-state index in [4.69, 9.17) is 9.72 Å². The van der Waals surface area contributed by atoms with Crippen LogP contribution in [0.15, 0.2) is 66.7 Å². The molecule has 0 N–H and O–H groups in total. The number of fused-ring (bicyclic) bond motifs is 1. The molecule has 35 heavy (non-hydrogen) atoms. The minimum atomic E-state index is -0.553. The van der Waals surface area contributed by atoms with Crippen molar-refractivity contribution in [2.75, 3.05) is 0 Å². The highest BCUT2D eigenvalue weighted by Crippen LogP contribution is 2.27. The SMILES string of the molecule is CCCCc1nc2c(C#N)cccc2n1Cc1ccc(-c2ccccc2C(=O)OC(C)(C)C)cc1. The number of carbonyl (C=O) groups is 1. The van der Waals surface area contributed by atoms with Crippen LogP contribution in [-0.4, -0.2) is 21.1 Å². The molecule has 0 spiro atoms. The number of nitriles is 1. The molecule has 0 unspecified atom stereocenters. The first-order chi connectivity index (χ1) is 16.8. The number of ether oxygens (including phenoxy) is 1. The van der Waals surface area contributed by atoms with E-state index in [2.05, 4.69) is 29.7 Å². The lowest BCUT2D eigenvalue weighted by Crippen LogP contribution is -2.24. The molecule has 0 aliphatic rings. The first-order valence-electron chi connectivity index (χ1n) is 12.1. The van der Waals surface area contributed by atoms with Gasteiger partial charge in [-0.3, -0.25) is 0 Å². The summed E-state index contributed by atoms with van der Waals surface area (Å²) < 4.78 is 7.83. The molecule has 0 amide bonds. The molecular formula is C30H31N3O2. The predicted octanol–water partition coefficient (Wildman–Crippen LogP) is 6.92. The first-order valence-corrected chi connectivity index (χ1v) is 12.1. The van der Waals surface area contributed by atoms with Crippen molar-refractivity contribution in [3.63, 3.8) is 0 Å². The molecule has 5 nitrogen and oxygen atoms in total. The number of rotatable bonds is 7. The number of aromatic nitrogens is 2. The molecule has 1 heterocycles. The van der Waals surface area contributed by atoms with Gasteiger partial charge in [-0.15, -0.1) is 0 Å². The van der Waals surface area contributed by atoms with E-state index in [-0.39, 0.29) is 5.97 Å². The lowest BCUT2D eigenvalue weighted by Gasteiger charge is -2.20. The van der Waals surface area contributed by atoms with E-state index in [0.29, 0.717) is 17.7 Å². The van der Waals surface area contributed by atoms with Crippen LogP contribution in [0.5, 0.6) is 0 Å².